The zero-order valence-electron chi connectivity index (χ0n) is 12.3. The fraction of sp³-hybridized carbons (Fsp3) is 0.294. The number of benzene rings is 2. The molecule has 0 aliphatic rings. The summed E-state index contributed by atoms with van der Waals surface area (Å²) >= 11 is 0. The zero-order valence-corrected chi connectivity index (χ0v) is 12.3. The predicted molar refractivity (Wildman–Crippen MR) is 82.4 cm³/mol. The molecule has 106 valence electrons. The molecular weight excluding hydrogens is 251 g/mol. The standard InChI is InChI=1S/C17H21FN2/c1-13-6-4-5-7-17(13)20(3)12-15-10-14(11-19-2)8-9-16(15)18/h4-10,19H,11-12H2,1-3H3. The van der Waals surface area contributed by atoms with Crippen LogP contribution < -0.4 is 10.2 Å². The molecule has 2 aromatic carbocycles. The molecule has 0 bridgehead atoms. The Balaban J connectivity index is 2.21. The van der Waals surface area contributed by atoms with E-state index in [0.29, 0.717) is 6.54 Å². The van der Waals surface area contributed by atoms with Gasteiger partial charge in [-0.3, -0.25) is 0 Å². The molecular formula is C17H21FN2. The number of nitrogens with zero attached hydrogens (tertiary/aromatic N) is 1. The lowest BCUT2D eigenvalue weighted by atomic mass is 10.1. The summed E-state index contributed by atoms with van der Waals surface area (Å²) in [5, 5.41) is 3.09. The van der Waals surface area contributed by atoms with Gasteiger partial charge in [0.15, 0.2) is 0 Å². The SMILES string of the molecule is CNCc1ccc(F)c(CN(C)c2ccccc2C)c1. The van der Waals surface area contributed by atoms with Crippen LogP contribution in [-0.4, -0.2) is 14.1 Å². The molecule has 0 unspecified atom stereocenters. The minimum Gasteiger partial charge on any atom is -0.370 e. The third-order valence-electron chi connectivity index (χ3n) is 3.43. The van der Waals surface area contributed by atoms with E-state index in [1.54, 1.807) is 6.07 Å². The van der Waals surface area contributed by atoms with Crippen LogP contribution in [0.2, 0.25) is 0 Å². The fourth-order valence-electron chi connectivity index (χ4n) is 2.40. The van der Waals surface area contributed by atoms with Gasteiger partial charge in [-0.1, -0.05) is 24.3 Å². The third-order valence-corrected chi connectivity index (χ3v) is 3.43. The smallest absolute Gasteiger partial charge is 0.128 e. The second-order valence-electron chi connectivity index (χ2n) is 5.10. The molecule has 0 fully saturated rings. The van der Waals surface area contributed by atoms with Gasteiger partial charge >= 0.3 is 0 Å². The molecule has 0 aromatic heterocycles. The van der Waals surface area contributed by atoms with Crippen LogP contribution in [0.3, 0.4) is 0 Å². The molecule has 0 amide bonds. The zero-order chi connectivity index (χ0) is 14.5. The van der Waals surface area contributed by atoms with Gasteiger partial charge in [0.25, 0.3) is 0 Å². The summed E-state index contributed by atoms with van der Waals surface area (Å²) in [5.41, 5.74) is 4.15. The maximum Gasteiger partial charge on any atom is 0.128 e. The Labute approximate surface area is 120 Å². The summed E-state index contributed by atoms with van der Waals surface area (Å²) in [6.07, 6.45) is 0. The van der Waals surface area contributed by atoms with E-state index >= 15 is 0 Å². The van der Waals surface area contributed by atoms with Crippen LogP contribution in [-0.2, 0) is 13.1 Å². The lowest BCUT2D eigenvalue weighted by molar-refractivity contribution is 0.606. The first kappa shape index (κ1) is 14.5. The van der Waals surface area contributed by atoms with Crippen molar-refractivity contribution in [2.75, 3.05) is 19.0 Å². The highest BCUT2D eigenvalue weighted by molar-refractivity contribution is 5.52. The van der Waals surface area contributed by atoms with Crippen molar-refractivity contribution in [3.8, 4) is 0 Å². The molecule has 2 rings (SSSR count). The van der Waals surface area contributed by atoms with E-state index in [1.807, 2.05) is 38.4 Å². The van der Waals surface area contributed by atoms with Crippen molar-refractivity contribution in [1.29, 1.82) is 0 Å². The van der Waals surface area contributed by atoms with Crippen molar-refractivity contribution in [2.24, 2.45) is 0 Å². The number of rotatable bonds is 5. The van der Waals surface area contributed by atoms with Crippen molar-refractivity contribution in [1.82, 2.24) is 5.32 Å². The lowest BCUT2D eigenvalue weighted by Crippen LogP contribution is -2.18. The van der Waals surface area contributed by atoms with Gasteiger partial charge in [0.05, 0.1) is 0 Å². The number of anilines is 1. The Morgan fingerprint density at radius 1 is 1.15 bits per heavy atom. The highest BCUT2D eigenvalue weighted by Gasteiger charge is 2.09. The molecule has 2 aromatic rings. The molecule has 0 aliphatic carbocycles. The molecule has 3 heteroatoms. The highest BCUT2D eigenvalue weighted by Crippen LogP contribution is 2.21. The van der Waals surface area contributed by atoms with Gasteiger partial charge in [0.1, 0.15) is 5.82 Å². The van der Waals surface area contributed by atoms with Gasteiger partial charge in [0, 0.05) is 31.4 Å². The number of hydrogen-bond donors (Lipinski definition) is 1. The van der Waals surface area contributed by atoms with Crippen molar-refractivity contribution in [3.05, 3.63) is 65.0 Å². The molecule has 2 nitrogen and oxygen atoms in total. The first-order chi connectivity index (χ1) is 9.61. The minimum absolute atomic E-state index is 0.148. The van der Waals surface area contributed by atoms with Crippen molar-refractivity contribution >= 4 is 5.69 Å². The first-order valence-electron chi connectivity index (χ1n) is 6.80. The quantitative estimate of drug-likeness (QED) is 0.896. The van der Waals surface area contributed by atoms with E-state index in [-0.39, 0.29) is 5.82 Å². The molecule has 20 heavy (non-hydrogen) atoms. The van der Waals surface area contributed by atoms with E-state index in [1.165, 1.54) is 5.56 Å². The second kappa shape index (κ2) is 6.53. The Kier molecular flexibility index (Phi) is 4.74. The second-order valence-corrected chi connectivity index (χ2v) is 5.10. The van der Waals surface area contributed by atoms with Gasteiger partial charge in [-0.05, 0) is 43.3 Å². The molecule has 1 N–H and O–H groups in total. The average Bonchev–Trinajstić information content (AvgIpc) is 2.43. The summed E-state index contributed by atoms with van der Waals surface area (Å²) in [6, 6.07) is 13.5. The summed E-state index contributed by atoms with van der Waals surface area (Å²) in [4.78, 5) is 2.08. The molecule has 0 spiro atoms. The third kappa shape index (κ3) is 3.36. The number of hydrogen-bond acceptors (Lipinski definition) is 2. The Morgan fingerprint density at radius 3 is 2.60 bits per heavy atom. The van der Waals surface area contributed by atoms with Gasteiger partial charge in [-0.2, -0.15) is 0 Å². The summed E-state index contributed by atoms with van der Waals surface area (Å²) in [6.45, 7) is 3.38. The molecule has 0 saturated heterocycles. The monoisotopic (exact) mass is 272 g/mol. The first-order valence-corrected chi connectivity index (χ1v) is 6.80. The number of aryl methyl sites for hydroxylation is 1. The van der Waals surface area contributed by atoms with Crippen molar-refractivity contribution in [3.63, 3.8) is 0 Å². The summed E-state index contributed by atoms with van der Waals surface area (Å²) < 4.78 is 13.9. The summed E-state index contributed by atoms with van der Waals surface area (Å²) in [5.74, 6) is -0.148. The van der Waals surface area contributed by atoms with Crippen LogP contribution in [0, 0.1) is 12.7 Å². The van der Waals surface area contributed by atoms with E-state index in [0.717, 1.165) is 23.4 Å². The van der Waals surface area contributed by atoms with Crippen LogP contribution in [0.1, 0.15) is 16.7 Å². The Bertz CT molecular complexity index is 581. The van der Waals surface area contributed by atoms with Gasteiger partial charge < -0.3 is 10.2 Å². The molecule has 0 atom stereocenters. The number of para-hydroxylation sites is 1. The number of halogens is 1. The number of nitrogens with one attached hydrogen (secondary N) is 1. The Hall–Kier alpha value is -1.87. The largest absolute Gasteiger partial charge is 0.370 e. The van der Waals surface area contributed by atoms with E-state index < -0.39 is 0 Å². The maximum absolute atomic E-state index is 13.9. The average molecular weight is 272 g/mol. The molecule has 0 saturated carbocycles. The van der Waals surface area contributed by atoms with E-state index in [4.69, 9.17) is 0 Å². The lowest BCUT2D eigenvalue weighted by Gasteiger charge is -2.22. The predicted octanol–water partition coefficient (Wildman–Crippen LogP) is 3.49. The van der Waals surface area contributed by atoms with Crippen molar-refractivity contribution in [2.45, 2.75) is 20.0 Å². The van der Waals surface area contributed by atoms with Gasteiger partial charge in [0.2, 0.25) is 0 Å². The molecule has 0 heterocycles. The van der Waals surface area contributed by atoms with Crippen LogP contribution in [0.15, 0.2) is 42.5 Å². The topological polar surface area (TPSA) is 15.3 Å². The maximum atomic E-state index is 13.9. The highest BCUT2D eigenvalue weighted by atomic mass is 19.1. The fourth-order valence-corrected chi connectivity index (χ4v) is 2.40. The summed E-state index contributed by atoms with van der Waals surface area (Å²) in [7, 11) is 3.88. The van der Waals surface area contributed by atoms with Gasteiger partial charge in [-0.25, -0.2) is 4.39 Å². The van der Waals surface area contributed by atoms with Crippen molar-refractivity contribution < 1.29 is 4.39 Å². The van der Waals surface area contributed by atoms with E-state index in [2.05, 4.69) is 29.3 Å². The van der Waals surface area contributed by atoms with Crippen LogP contribution >= 0.6 is 0 Å². The van der Waals surface area contributed by atoms with Gasteiger partial charge in [-0.15, -0.1) is 0 Å². The van der Waals surface area contributed by atoms with Crippen LogP contribution in [0.5, 0.6) is 0 Å². The molecule has 0 radical (unpaired) electrons. The van der Waals surface area contributed by atoms with Crippen LogP contribution in [0.25, 0.3) is 0 Å². The van der Waals surface area contributed by atoms with Crippen LogP contribution in [0.4, 0.5) is 10.1 Å². The van der Waals surface area contributed by atoms with E-state index in [9.17, 15) is 4.39 Å². The molecule has 0 aliphatic heterocycles. The normalized spacial score (nSPS) is 10.6. The Morgan fingerprint density at radius 2 is 1.90 bits per heavy atom. The minimum atomic E-state index is -0.148.